The summed E-state index contributed by atoms with van der Waals surface area (Å²) < 4.78 is 14.2. The van der Waals surface area contributed by atoms with Crippen LogP contribution >= 0.6 is 11.9 Å². The lowest BCUT2D eigenvalue weighted by Crippen LogP contribution is -2.27. The highest BCUT2D eigenvalue weighted by molar-refractivity contribution is 7.99. The van der Waals surface area contributed by atoms with Crippen molar-refractivity contribution in [3.8, 4) is 11.5 Å². The summed E-state index contributed by atoms with van der Waals surface area (Å²) in [5.41, 5.74) is 14.0. The standard InChI is InChI=1S/C34H46N6O3S.H3N.2H2O.2H2/c1-10-28(37-25-13-15-26(42-7)16-14-25)22(3)27(35)20-40(36)31-17-23(12-11-21(31)2)33(41)38-29-18-24(34(4,5)6)19-30(39-44-9)32(29)43-8;;;;;/h11-20,37,39H,10,35-36H2,1-9H3,(H,38,41);1H3;2*1H2;2*1H/b27-20-,28-22+;;;;;. The molecule has 0 heterocycles. The minimum atomic E-state index is -0.288. The molecule has 0 aromatic heterocycles. The van der Waals surface area contributed by atoms with Gasteiger partial charge in [-0.2, -0.15) is 0 Å². The average Bonchev–Trinajstić information content (AvgIpc) is 2.99. The topological polar surface area (TPSA) is 225 Å². The molecule has 0 saturated heterocycles. The molecule has 0 aliphatic heterocycles. The molecule has 13 heteroatoms. The number of benzene rings is 3. The van der Waals surface area contributed by atoms with Crippen LogP contribution in [-0.2, 0) is 5.41 Å². The fourth-order valence-corrected chi connectivity index (χ4v) is 4.94. The molecule has 0 spiro atoms. The van der Waals surface area contributed by atoms with Crippen molar-refractivity contribution in [1.82, 2.24) is 6.15 Å². The van der Waals surface area contributed by atoms with Crippen LogP contribution in [-0.4, -0.2) is 37.3 Å². The van der Waals surface area contributed by atoms with E-state index in [2.05, 4.69) is 43.1 Å². The molecule has 3 rings (SSSR count). The van der Waals surface area contributed by atoms with E-state index < -0.39 is 0 Å². The van der Waals surface area contributed by atoms with Gasteiger partial charge in [0.05, 0.1) is 37.0 Å². The molecule has 3 aromatic rings. The van der Waals surface area contributed by atoms with E-state index in [9.17, 15) is 4.79 Å². The fraction of sp³-hybridized carbons (Fsp3) is 0.324. The van der Waals surface area contributed by atoms with Crippen molar-refractivity contribution >= 4 is 40.6 Å². The van der Waals surface area contributed by atoms with Gasteiger partial charge in [-0.1, -0.05) is 45.7 Å². The highest BCUT2D eigenvalue weighted by atomic mass is 32.2. The number of ether oxygens (including phenoxy) is 2. The number of nitrogens with one attached hydrogen (secondary N) is 3. The van der Waals surface area contributed by atoms with Crippen molar-refractivity contribution in [2.24, 2.45) is 11.6 Å². The van der Waals surface area contributed by atoms with Crippen molar-refractivity contribution in [2.45, 2.75) is 53.4 Å². The van der Waals surface area contributed by atoms with Gasteiger partial charge < -0.3 is 47.7 Å². The van der Waals surface area contributed by atoms with Crippen LogP contribution in [0.2, 0.25) is 0 Å². The van der Waals surface area contributed by atoms with Crippen molar-refractivity contribution < 1.29 is 28.1 Å². The van der Waals surface area contributed by atoms with Crippen LogP contribution in [0.1, 0.15) is 65.4 Å². The largest absolute Gasteiger partial charge is 0.497 e. The molecule has 0 aliphatic carbocycles. The zero-order valence-corrected chi connectivity index (χ0v) is 29.7. The van der Waals surface area contributed by atoms with Crippen molar-refractivity contribution in [2.75, 3.05) is 40.8 Å². The molecule has 14 N–H and O–H groups in total. The summed E-state index contributed by atoms with van der Waals surface area (Å²) in [7, 11) is 3.23. The number of hydrogen-bond acceptors (Lipinski definition) is 10. The van der Waals surface area contributed by atoms with Gasteiger partial charge >= 0.3 is 0 Å². The molecule has 1 amide bonds. The average molecular weight is 676 g/mol. The summed E-state index contributed by atoms with van der Waals surface area (Å²) >= 11 is 1.46. The second kappa shape index (κ2) is 18.7. The molecule has 0 unspecified atom stereocenters. The van der Waals surface area contributed by atoms with Crippen molar-refractivity contribution in [3.63, 3.8) is 0 Å². The number of anilines is 4. The number of carbonyl (C=O) groups excluding carboxylic acids is 1. The lowest BCUT2D eigenvalue weighted by Gasteiger charge is -2.24. The van der Waals surface area contributed by atoms with Gasteiger partial charge in [-0.3, -0.25) is 9.80 Å². The van der Waals surface area contributed by atoms with Gasteiger partial charge in [0, 0.05) is 32.3 Å². The highest BCUT2D eigenvalue weighted by Crippen LogP contribution is 2.40. The minimum absolute atomic E-state index is 0. The van der Waals surface area contributed by atoms with E-state index in [1.807, 2.05) is 62.6 Å². The predicted molar refractivity (Wildman–Crippen MR) is 203 cm³/mol. The first-order valence-corrected chi connectivity index (χ1v) is 15.6. The monoisotopic (exact) mass is 675 g/mol. The third-order valence-corrected chi connectivity index (χ3v) is 7.70. The van der Waals surface area contributed by atoms with Crippen LogP contribution in [0.25, 0.3) is 0 Å². The van der Waals surface area contributed by atoms with Gasteiger partial charge in [0.1, 0.15) is 5.75 Å². The Morgan fingerprint density at radius 3 is 2.15 bits per heavy atom. The molecule has 0 radical (unpaired) electrons. The first-order chi connectivity index (χ1) is 20.8. The summed E-state index contributed by atoms with van der Waals surface area (Å²) in [6, 6.07) is 17.1. The van der Waals surface area contributed by atoms with E-state index in [4.69, 9.17) is 21.1 Å². The molecule has 0 bridgehead atoms. The summed E-state index contributed by atoms with van der Waals surface area (Å²) in [5, 5.41) is 7.94. The number of amides is 1. The third kappa shape index (κ3) is 10.8. The SMILES string of the molecule is CC/C(Nc1ccc(OC)cc1)=C(C)\C(N)=C\N(N)c1cc(C(=O)Nc2cc(C(C)(C)C)cc(NSC)c2OC)ccc1C.N.O.O.[HH].[HH]. The Hall–Kier alpha value is -4.40. The maximum atomic E-state index is 13.6. The van der Waals surface area contributed by atoms with Crippen LogP contribution in [0.3, 0.4) is 0 Å². The molecule has 0 aliphatic rings. The Bertz CT molecular complexity index is 1550. The molecule has 0 atom stereocenters. The zero-order valence-electron chi connectivity index (χ0n) is 28.9. The molecule has 0 fully saturated rings. The number of carbonyl (C=O) groups is 1. The maximum Gasteiger partial charge on any atom is 0.255 e. The smallest absolute Gasteiger partial charge is 0.255 e. The molecule has 3 aromatic carbocycles. The molecule has 0 saturated carbocycles. The van der Waals surface area contributed by atoms with Crippen molar-refractivity contribution in [3.05, 3.63) is 94.5 Å². The van der Waals surface area contributed by atoms with E-state index >= 15 is 0 Å². The Morgan fingerprint density at radius 1 is 1.00 bits per heavy atom. The number of allylic oxidation sites excluding steroid dienone is 2. The predicted octanol–water partition coefficient (Wildman–Crippen LogP) is 6.53. The number of nitrogens with two attached hydrogens (primary N) is 2. The number of rotatable bonds is 12. The molecule has 264 valence electrons. The van der Waals surface area contributed by atoms with Gasteiger partial charge in [-0.15, -0.1) is 0 Å². The lowest BCUT2D eigenvalue weighted by atomic mass is 9.86. The third-order valence-electron chi connectivity index (χ3n) is 7.27. The number of aryl methyl sites for hydroxylation is 1. The van der Waals surface area contributed by atoms with Gasteiger partial charge in [-0.05, 0) is 90.9 Å². The molecule has 12 nitrogen and oxygen atoms in total. The van der Waals surface area contributed by atoms with Crippen molar-refractivity contribution in [1.29, 1.82) is 0 Å². The highest BCUT2D eigenvalue weighted by Gasteiger charge is 2.21. The summed E-state index contributed by atoms with van der Waals surface area (Å²) in [6.07, 6.45) is 4.34. The van der Waals surface area contributed by atoms with Gasteiger partial charge in [-0.25, -0.2) is 5.84 Å². The number of hydrazine groups is 1. The van der Waals surface area contributed by atoms with Crippen LogP contribution in [0.15, 0.2) is 77.8 Å². The van der Waals surface area contributed by atoms with E-state index in [0.29, 0.717) is 28.4 Å². The Balaban J connectivity index is -0.00000423. The van der Waals surface area contributed by atoms with Crippen LogP contribution in [0.5, 0.6) is 11.5 Å². The molecular weight excluding hydrogens is 618 g/mol. The molecule has 47 heavy (non-hydrogen) atoms. The van der Waals surface area contributed by atoms with E-state index in [-0.39, 0.29) is 31.3 Å². The zero-order chi connectivity index (χ0) is 32.6. The Labute approximate surface area is 286 Å². The number of hydrogen-bond donors (Lipinski definition) is 6. The Morgan fingerprint density at radius 2 is 1.62 bits per heavy atom. The van der Waals surface area contributed by atoms with Crippen LogP contribution in [0.4, 0.5) is 22.7 Å². The van der Waals surface area contributed by atoms with Gasteiger partial charge in [0.2, 0.25) is 0 Å². The number of methoxy groups -OCH3 is 2. The fourth-order valence-electron chi connectivity index (χ4n) is 4.57. The summed E-state index contributed by atoms with van der Waals surface area (Å²) in [4.78, 5) is 13.6. The van der Waals surface area contributed by atoms with E-state index in [0.717, 1.165) is 45.9 Å². The minimum Gasteiger partial charge on any atom is -0.497 e. The first-order valence-electron chi connectivity index (χ1n) is 14.4. The molecular formula is C34H57N7O5S. The van der Waals surface area contributed by atoms with E-state index in [1.54, 1.807) is 32.6 Å². The summed E-state index contributed by atoms with van der Waals surface area (Å²) in [6.45, 7) is 12.3. The number of nitrogens with zero attached hydrogens (tertiary/aromatic N) is 1. The van der Waals surface area contributed by atoms with Crippen LogP contribution in [0, 0.1) is 6.92 Å². The van der Waals surface area contributed by atoms with Gasteiger partial charge in [0.25, 0.3) is 5.91 Å². The quantitative estimate of drug-likeness (QED) is 0.0526. The summed E-state index contributed by atoms with van der Waals surface area (Å²) in [5.74, 6) is 7.56. The lowest BCUT2D eigenvalue weighted by molar-refractivity contribution is 0.102. The first kappa shape index (κ1) is 42.6. The van der Waals surface area contributed by atoms with Crippen LogP contribution < -0.4 is 47.6 Å². The van der Waals surface area contributed by atoms with E-state index in [1.165, 1.54) is 17.0 Å². The van der Waals surface area contributed by atoms with Gasteiger partial charge in [0.15, 0.2) is 5.75 Å². The maximum absolute atomic E-state index is 13.6. The second-order valence-electron chi connectivity index (χ2n) is 11.4. The second-order valence-corrected chi connectivity index (χ2v) is 12.0. The normalized spacial score (nSPS) is 11.5. The Kier molecular flexibility index (Phi) is 16.9.